The van der Waals surface area contributed by atoms with Gasteiger partial charge in [0.25, 0.3) is 0 Å². The zero-order valence-electron chi connectivity index (χ0n) is 8.18. The normalized spacial score (nSPS) is 13.0. The monoisotopic (exact) mass is 204 g/mol. The molecule has 78 valence electrons. The number of aromatic nitrogens is 2. The van der Waals surface area contributed by atoms with Crippen LogP contribution in [0.1, 0.15) is 32.3 Å². The number of hydrogen-bond donors (Lipinski definition) is 0. The van der Waals surface area contributed by atoms with Crippen LogP contribution < -0.4 is 0 Å². The molecule has 0 fully saturated rings. The number of hydrogen-bond acceptors (Lipinski definition) is 2. The van der Waals surface area contributed by atoms with Crippen LogP contribution in [0, 0.1) is 0 Å². The van der Waals surface area contributed by atoms with Gasteiger partial charge >= 0.3 is 6.18 Å². The van der Waals surface area contributed by atoms with Crippen molar-refractivity contribution in [2.75, 3.05) is 0 Å². The fourth-order valence-corrected chi connectivity index (χ4v) is 0.878. The Morgan fingerprint density at radius 1 is 1.14 bits per heavy atom. The van der Waals surface area contributed by atoms with Crippen LogP contribution in [0.3, 0.4) is 0 Å². The Balaban J connectivity index is 3.15. The van der Waals surface area contributed by atoms with E-state index in [0.29, 0.717) is 0 Å². The topological polar surface area (TPSA) is 25.8 Å². The zero-order valence-corrected chi connectivity index (χ0v) is 8.18. The fourth-order valence-electron chi connectivity index (χ4n) is 0.878. The summed E-state index contributed by atoms with van der Waals surface area (Å²) >= 11 is 0. The molecule has 0 amide bonds. The van der Waals surface area contributed by atoms with Crippen LogP contribution in [0.4, 0.5) is 13.2 Å². The van der Waals surface area contributed by atoms with Gasteiger partial charge in [-0.25, -0.2) is 9.97 Å². The lowest BCUT2D eigenvalue weighted by atomic mass is 9.96. The Bertz CT molecular complexity index is 296. The molecular formula is C9H11F3N2. The molecule has 0 spiro atoms. The molecule has 0 radical (unpaired) electrons. The summed E-state index contributed by atoms with van der Waals surface area (Å²) in [7, 11) is 0. The second kappa shape index (κ2) is 3.22. The quantitative estimate of drug-likeness (QED) is 0.649. The molecule has 0 aliphatic heterocycles. The Labute approximate surface area is 80.2 Å². The summed E-state index contributed by atoms with van der Waals surface area (Å²) in [6.45, 7) is 5.30. The number of halogens is 3. The van der Waals surface area contributed by atoms with Gasteiger partial charge in [0.1, 0.15) is 11.5 Å². The molecule has 0 aromatic carbocycles. The van der Waals surface area contributed by atoms with Gasteiger partial charge in [-0.3, -0.25) is 0 Å². The smallest absolute Gasteiger partial charge is 0.241 e. The van der Waals surface area contributed by atoms with E-state index in [9.17, 15) is 13.2 Å². The van der Waals surface area contributed by atoms with E-state index in [1.165, 1.54) is 0 Å². The van der Waals surface area contributed by atoms with Crippen molar-refractivity contribution in [3.05, 3.63) is 23.8 Å². The van der Waals surface area contributed by atoms with Crippen LogP contribution in [0.25, 0.3) is 0 Å². The molecule has 1 aromatic rings. The van der Waals surface area contributed by atoms with Gasteiger partial charge in [-0.15, -0.1) is 0 Å². The molecule has 1 aromatic heterocycles. The molecule has 0 atom stereocenters. The van der Waals surface area contributed by atoms with E-state index in [0.717, 1.165) is 12.3 Å². The Morgan fingerprint density at radius 3 is 2.14 bits per heavy atom. The summed E-state index contributed by atoms with van der Waals surface area (Å²) in [5, 5.41) is 0. The van der Waals surface area contributed by atoms with Gasteiger partial charge in [-0.1, -0.05) is 20.8 Å². The highest BCUT2D eigenvalue weighted by Gasteiger charge is 2.33. The average molecular weight is 204 g/mol. The summed E-state index contributed by atoms with van der Waals surface area (Å²) in [5.74, 6) is 0.201. The second-order valence-electron chi connectivity index (χ2n) is 4.01. The third-order valence-corrected chi connectivity index (χ3v) is 1.62. The van der Waals surface area contributed by atoms with Gasteiger partial charge in [0.2, 0.25) is 0 Å². The minimum Gasteiger partial charge on any atom is -0.241 e. The SMILES string of the molecule is CC(C)(C)c1nccc(C(F)(F)F)n1. The molecular weight excluding hydrogens is 193 g/mol. The summed E-state index contributed by atoms with van der Waals surface area (Å²) in [5.41, 5.74) is -1.36. The van der Waals surface area contributed by atoms with Crippen molar-refractivity contribution in [3.8, 4) is 0 Å². The molecule has 1 rings (SSSR count). The van der Waals surface area contributed by atoms with Crippen LogP contribution in [-0.4, -0.2) is 9.97 Å². The molecule has 2 nitrogen and oxygen atoms in total. The second-order valence-corrected chi connectivity index (χ2v) is 4.01. The molecule has 14 heavy (non-hydrogen) atoms. The van der Waals surface area contributed by atoms with Crippen LogP contribution in [0.15, 0.2) is 12.3 Å². The Kier molecular flexibility index (Phi) is 2.52. The minimum atomic E-state index is -4.40. The van der Waals surface area contributed by atoms with Crippen molar-refractivity contribution < 1.29 is 13.2 Å². The van der Waals surface area contributed by atoms with E-state index >= 15 is 0 Å². The first kappa shape index (κ1) is 10.9. The van der Waals surface area contributed by atoms with Gasteiger partial charge in [-0.05, 0) is 6.07 Å². The average Bonchev–Trinajstić information content (AvgIpc) is 2.01. The van der Waals surface area contributed by atoms with Crippen molar-refractivity contribution >= 4 is 0 Å². The van der Waals surface area contributed by atoms with Crippen molar-refractivity contribution in [1.29, 1.82) is 0 Å². The number of rotatable bonds is 0. The highest BCUT2D eigenvalue weighted by Crippen LogP contribution is 2.28. The van der Waals surface area contributed by atoms with Gasteiger partial charge in [0.05, 0.1) is 0 Å². The zero-order chi connectivity index (χ0) is 11.0. The minimum absolute atomic E-state index is 0.201. The first-order valence-electron chi connectivity index (χ1n) is 4.12. The van der Waals surface area contributed by atoms with Crippen LogP contribution >= 0.6 is 0 Å². The lowest BCUT2D eigenvalue weighted by molar-refractivity contribution is -0.141. The Hall–Kier alpha value is -1.13. The predicted octanol–water partition coefficient (Wildman–Crippen LogP) is 2.79. The lowest BCUT2D eigenvalue weighted by Gasteiger charge is -2.17. The maximum atomic E-state index is 12.3. The first-order chi connectivity index (χ1) is 6.21. The maximum Gasteiger partial charge on any atom is 0.433 e. The van der Waals surface area contributed by atoms with Gasteiger partial charge in [0.15, 0.2) is 0 Å². The van der Waals surface area contributed by atoms with E-state index in [4.69, 9.17) is 0 Å². The van der Waals surface area contributed by atoms with Crippen molar-refractivity contribution in [2.24, 2.45) is 0 Å². The summed E-state index contributed by atoms with van der Waals surface area (Å²) in [6, 6.07) is 0.870. The molecule has 0 saturated carbocycles. The summed E-state index contributed by atoms with van der Waals surface area (Å²) in [6.07, 6.45) is -3.26. The lowest BCUT2D eigenvalue weighted by Crippen LogP contribution is -2.19. The molecule has 5 heteroatoms. The van der Waals surface area contributed by atoms with Crippen molar-refractivity contribution in [2.45, 2.75) is 32.4 Å². The number of nitrogens with zero attached hydrogens (tertiary/aromatic N) is 2. The molecule has 0 saturated heterocycles. The maximum absolute atomic E-state index is 12.3. The molecule has 0 unspecified atom stereocenters. The van der Waals surface area contributed by atoms with E-state index in [1.54, 1.807) is 20.8 Å². The summed E-state index contributed by atoms with van der Waals surface area (Å²) in [4.78, 5) is 7.29. The van der Waals surface area contributed by atoms with Crippen LogP contribution in [0.2, 0.25) is 0 Å². The van der Waals surface area contributed by atoms with E-state index in [-0.39, 0.29) is 5.82 Å². The van der Waals surface area contributed by atoms with Crippen LogP contribution in [0.5, 0.6) is 0 Å². The van der Waals surface area contributed by atoms with Gasteiger partial charge < -0.3 is 0 Å². The van der Waals surface area contributed by atoms with Crippen molar-refractivity contribution in [1.82, 2.24) is 9.97 Å². The first-order valence-corrected chi connectivity index (χ1v) is 4.12. The van der Waals surface area contributed by atoms with Gasteiger partial charge in [0, 0.05) is 11.6 Å². The molecule has 0 bridgehead atoms. The molecule has 0 aliphatic carbocycles. The third-order valence-electron chi connectivity index (χ3n) is 1.62. The summed E-state index contributed by atoms with van der Waals surface area (Å²) < 4.78 is 36.8. The van der Waals surface area contributed by atoms with E-state index < -0.39 is 17.3 Å². The molecule has 0 aliphatic rings. The van der Waals surface area contributed by atoms with E-state index in [2.05, 4.69) is 9.97 Å². The van der Waals surface area contributed by atoms with Crippen molar-refractivity contribution in [3.63, 3.8) is 0 Å². The molecule has 0 N–H and O–H groups in total. The third kappa shape index (κ3) is 2.43. The van der Waals surface area contributed by atoms with E-state index in [1.807, 2.05) is 0 Å². The predicted molar refractivity (Wildman–Crippen MR) is 45.7 cm³/mol. The largest absolute Gasteiger partial charge is 0.433 e. The van der Waals surface area contributed by atoms with Crippen LogP contribution in [-0.2, 0) is 11.6 Å². The molecule has 1 heterocycles. The Morgan fingerprint density at radius 2 is 1.71 bits per heavy atom. The fraction of sp³-hybridized carbons (Fsp3) is 0.556. The van der Waals surface area contributed by atoms with Gasteiger partial charge in [-0.2, -0.15) is 13.2 Å². The highest BCUT2D eigenvalue weighted by atomic mass is 19.4. The standard InChI is InChI=1S/C9H11F3N2/c1-8(2,3)7-13-5-4-6(14-7)9(10,11)12/h4-5H,1-3H3. The highest BCUT2D eigenvalue weighted by molar-refractivity contribution is 5.10. The number of alkyl halides is 3.